The number of aryl methyl sites for hydroxylation is 1. The molecular weight excluding hydrogens is 461 g/mol. The topological polar surface area (TPSA) is 69.6 Å². The van der Waals surface area contributed by atoms with Crippen molar-refractivity contribution < 1.29 is 4.79 Å². The van der Waals surface area contributed by atoms with E-state index in [0.29, 0.717) is 5.91 Å². The van der Waals surface area contributed by atoms with Crippen molar-refractivity contribution in [1.82, 2.24) is 20.5 Å². The molecule has 1 unspecified atom stereocenters. The molecule has 0 bridgehead atoms. The van der Waals surface area contributed by atoms with Gasteiger partial charge in [0.1, 0.15) is 0 Å². The Balaban J connectivity index is 0.00000243. The Hall–Kier alpha value is -0.900. The molecule has 0 aromatic carbocycles. The molecule has 1 aromatic rings. The Kier molecular flexibility index (Phi) is 8.59. The van der Waals surface area contributed by atoms with Crippen molar-refractivity contribution in [2.24, 2.45) is 10.9 Å². The third-order valence-electron chi connectivity index (χ3n) is 5.11. The average molecular weight is 491 g/mol. The van der Waals surface area contributed by atoms with E-state index >= 15 is 0 Å². The molecule has 1 atom stereocenters. The van der Waals surface area contributed by atoms with Crippen LogP contribution in [0.4, 0.5) is 0 Å². The van der Waals surface area contributed by atoms with Crippen LogP contribution in [-0.4, -0.2) is 54.5 Å². The lowest BCUT2D eigenvalue weighted by Crippen LogP contribution is -2.45. The number of guanidine groups is 1. The molecule has 0 radical (unpaired) electrons. The highest BCUT2D eigenvalue weighted by Crippen LogP contribution is 2.27. The number of carbonyl (C=O) groups is 1. The van der Waals surface area contributed by atoms with Gasteiger partial charge in [-0.1, -0.05) is 12.8 Å². The van der Waals surface area contributed by atoms with E-state index in [1.165, 1.54) is 12.8 Å². The van der Waals surface area contributed by atoms with Gasteiger partial charge in [0, 0.05) is 50.4 Å². The normalized spacial score (nSPS) is 20.9. The van der Waals surface area contributed by atoms with Gasteiger partial charge in [-0.05, 0) is 26.2 Å². The van der Waals surface area contributed by atoms with E-state index in [-0.39, 0.29) is 35.9 Å². The van der Waals surface area contributed by atoms with E-state index in [0.717, 1.165) is 62.0 Å². The van der Waals surface area contributed by atoms with Crippen molar-refractivity contribution in [3.63, 3.8) is 0 Å². The molecular formula is C18H30IN5OS. The van der Waals surface area contributed by atoms with Crippen LogP contribution in [0.5, 0.6) is 0 Å². The molecule has 1 aromatic heterocycles. The quantitative estimate of drug-likeness (QED) is 0.378. The summed E-state index contributed by atoms with van der Waals surface area (Å²) < 4.78 is 0. The highest BCUT2D eigenvalue weighted by molar-refractivity contribution is 14.0. The van der Waals surface area contributed by atoms with Gasteiger partial charge in [-0.15, -0.1) is 35.3 Å². The predicted molar refractivity (Wildman–Crippen MR) is 117 cm³/mol. The standard InChI is InChI=1S/C18H29N5OS.HI/c1-13-21-16(12-25-13)7-9-20-18(19-2)22-15-8-10-23(11-15)17(24)14-5-3-4-6-14;/h12,14-15H,3-11H2,1-2H3,(H2,19,20,22);1H. The molecule has 1 amide bonds. The van der Waals surface area contributed by atoms with Gasteiger partial charge in [-0.3, -0.25) is 9.79 Å². The van der Waals surface area contributed by atoms with Gasteiger partial charge < -0.3 is 15.5 Å². The number of nitrogens with zero attached hydrogens (tertiary/aromatic N) is 3. The highest BCUT2D eigenvalue weighted by Gasteiger charge is 2.32. The van der Waals surface area contributed by atoms with Crippen LogP contribution >= 0.6 is 35.3 Å². The lowest BCUT2D eigenvalue weighted by molar-refractivity contribution is -0.134. The molecule has 1 aliphatic heterocycles. The summed E-state index contributed by atoms with van der Waals surface area (Å²) in [4.78, 5) is 23.4. The van der Waals surface area contributed by atoms with Gasteiger partial charge in [0.2, 0.25) is 5.91 Å². The Labute approximate surface area is 177 Å². The first-order valence-electron chi connectivity index (χ1n) is 9.32. The van der Waals surface area contributed by atoms with E-state index in [4.69, 9.17) is 0 Å². The van der Waals surface area contributed by atoms with E-state index in [1.54, 1.807) is 18.4 Å². The minimum Gasteiger partial charge on any atom is -0.356 e. The Morgan fingerprint density at radius 1 is 1.38 bits per heavy atom. The largest absolute Gasteiger partial charge is 0.356 e. The maximum atomic E-state index is 12.5. The first-order chi connectivity index (χ1) is 12.2. The second kappa shape index (κ2) is 10.4. The summed E-state index contributed by atoms with van der Waals surface area (Å²) in [6.45, 7) is 4.49. The van der Waals surface area contributed by atoms with Crippen molar-refractivity contribution in [1.29, 1.82) is 0 Å². The molecule has 2 fully saturated rings. The number of hydrogen-bond acceptors (Lipinski definition) is 4. The van der Waals surface area contributed by atoms with E-state index in [2.05, 4.69) is 26.0 Å². The minimum atomic E-state index is 0. The van der Waals surface area contributed by atoms with Crippen molar-refractivity contribution >= 4 is 47.2 Å². The number of amides is 1. The Bertz CT molecular complexity index is 614. The molecule has 3 rings (SSSR count). The molecule has 2 N–H and O–H groups in total. The molecule has 26 heavy (non-hydrogen) atoms. The molecule has 146 valence electrons. The first kappa shape index (κ1) is 21.4. The summed E-state index contributed by atoms with van der Waals surface area (Å²) in [5.41, 5.74) is 1.12. The lowest BCUT2D eigenvalue weighted by atomic mass is 10.1. The average Bonchev–Trinajstić information content (AvgIpc) is 3.35. The van der Waals surface area contributed by atoms with Crippen LogP contribution in [0.3, 0.4) is 0 Å². The zero-order valence-corrected chi connectivity index (χ0v) is 18.8. The summed E-state index contributed by atoms with van der Waals surface area (Å²) in [5.74, 6) is 1.45. The van der Waals surface area contributed by atoms with Crippen LogP contribution in [0.25, 0.3) is 0 Å². The maximum Gasteiger partial charge on any atom is 0.225 e. The lowest BCUT2D eigenvalue weighted by Gasteiger charge is -2.21. The number of aliphatic imine (C=N–C) groups is 1. The van der Waals surface area contributed by atoms with E-state index in [1.807, 2.05) is 11.8 Å². The van der Waals surface area contributed by atoms with Crippen LogP contribution in [0.2, 0.25) is 0 Å². The van der Waals surface area contributed by atoms with Crippen molar-refractivity contribution in [2.45, 2.75) is 51.5 Å². The number of halogens is 1. The third-order valence-corrected chi connectivity index (χ3v) is 5.93. The number of rotatable bonds is 5. The van der Waals surface area contributed by atoms with Crippen LogP contribution in [-0.2, 0) is 11.2 Å². The molecule has 8 heteroatoms. The third kappa shape index (κ3) is 5.80. The van der Waals surface area contributed by atoms with Gasteiger partial charge >= 0.3 is 0 Å². The SMILES string of the molecule is CN=C(NCCc1csc(C)n1)NC1CCN(C(=O)C2CCCC2)C1.I. The fourth-order valence-corrected chi connectivity index (χ4v) is 4.38. The van der Waals surface area contributed by atoms with Gasteiger partial charge in [-0.2, -0.15) is 0 Å². The zero-order valence-electron chi connectivity index (χ0n) is 15.7. The molecule has 1 saturated heterocycles. The number of likely N-dealkylation sites (tertiary alicyclic amines) is 1. The monoisotopic (exact) mass is 491 g/mol. The van der Waals surface area contributed by atoms with E-state index in [9.17, 15) is 4.79 Å². The van der Waals surface area contributed by atoms with Gasteiger partial charge in [-0.25, -0.2) is 4.98 Å². The van der Waals surface area contributed by atoms with Crippen LogP contribution in [0, 0.1) is 12.8 Å². The maximum absolute atomic E-state index is 12.5. The molecule has 0 spiro atoms. The molecule has 2 aliphatic rings. The second-order valence-corrected chi connectivity index (χ2v) is 8.06. The number of aromatic nitrogens is 1. The van der Waals surface area contributed by atoms with E-state index < -0.39 is 0 Å². The fraction of sp³-hybridized carbons (Fsp3) is 0.722. The summed E-state index contributed by atoms with van der Waals surface area (Å²) >= 11 is 1.69. The minimum absolute atomic E-state index is 0. The number of thiazole rings is 1. The smallest absolute Gasteiger partial charge is 0.225 e. The van der Waals surface area contributed by atoms with Crippen LogP contribution in [0.15, 0.2) is 10.4 Å². The van der Waals surface area contributed by atoms with Crippen molar-refractivity contribution in [3.05, 3.63) is 16.1 Å². The summed E-state index contributed by atoms with van der Waals surface area (Å²) in [6, 6.07) is 0.290. The number of hydrogen-bond donors (Lipinski definition) is 2. The Morgan fingerprint density at radius 3 is 2.81 bits per heavy atom. The number of nitrogens with one attached hydrogen (secondary N) is 2. The zero-order chi connectivity index (χ0) is 17.6. The molecule has 1 aliphatic carbocycles. The molecule has 6 nitrogen and oxygen atoms in total. The second-order valence-electron chi connectivity index (χ2n) is 7.00. The summed E-state index contributed by atoms with van der Waals surface area (Å²) in [6.07, 6.45) is 6.45. The summed E-state index contributed by atoms with van der Waals surface area (Å²) in [5, 5.41) is 10.0. The highest BCUT2D eigenvalue weighted by atomic mass is 127. The fourth-order valence-electron chi connectivity index (χ4n) is 3.73. The van der Waals surface area contributed by atoms with Gasteiger partial charge in [0.05, 0.1) is 10.7 Å². The molecule has 2 heterocycles. The molecule has 1 saturated carbocycles. The van der Waals surface area contributed by atoms with Crippen molar-refractivity contribution in [2.75, 3.05) is 26.7 Å². The number of carbonyl (C=O) groups excluding carboxylic acids is 1. The van der Waals surface area contributed by atoms with Gasteiger partial charge in [0.15, 0.2) is 5.96 Å². The summed E-state index contributed by atoms with van der Waals surface area (Å²) in [7, 11) is 1.79. The predicted octanol–water partition coefficient (Wildman–Crippen LogP) is 2.57. The van der Waals surface area contributed by atoms with Crippen molar-refractivity contribution in [3.8, 4) is 0 Å². The first-order valence-corrected chi connectivity index (χ1v) is 10.2. The van der Waals surface area contributed by atoms with Crippen LogP contribution < -0.4 is 10.6 Å². The van der Waals surface area contributed by atoms with Crippen LogP contribution in [0.1, 0.15) is 42.8 Å². The Morgan fingerprint density at radius 2 is 2.15 bits per heavy atom. The van der Waals surface area contributed by atoms with Gasteiger partial charge in [0.25, 0.3) is 0 Å².